The van der Waals surface area contributed by atoms with Gasteiger partial charge in [0, 0.05) is 54.1 Å². The first kappa shape index (κ1) is 21.2. The summed E-state index contributed by atoms with van der Waals surface area (Å²) < 4.78 is 0. The van der Waals surface area contributed by atoms with Gasteiger partial charge in [0.1, 0.15) is 0 Å². The van der Waals surface area contributed by atoms with Crippen LogP contribution >= 0.6 is 23.2 Å². The standard InChI is InChI=1S/C22H24Cl2N4O/c23-11-13-28(14-12-24)19-8-5-17(6-9-19)15-26-27-22(29)10-7-18-16-25-21-4-2-1-3-20(18)21/h1-6,8-9,15-16,25H,7,10-14H2,(H,27,29)/b26-15+. The fourth-order valence-electron chi connectivity index (χ4n) is 3.17. The average Bonchev–Trinajstić information content (AvgIpc) is 3.16. The number of aromatic nitrogens is 1. The van der Waals surface area contributed by atoms with E-state index in [1.54, 1.807) is 6.21 Å². The number of amides is 1. The average molecular weight is 431 g/mol. The molecule has 0 unspecified atom stereocenters. The number of nitrogens with zero attached hydrogens (tertiary/aromatic N) is 2. The topological polar surface area (TPSA) is 60.5 Å². The van der Waals surface area contributed by atoms with Gasteiger partial charge in [-0.1, -0.05) is 30.3 Å². The lowest BCUT2D eigenvalue weighted by molar-refractivity contribution is -0.121. The van der Waals surface area contributed by atoms with Crippen LogP contribution in [0.5, 0.6) is 0 Å². The lowest BCUT2D eigenvalue weighted by Crippen LogP contribution is -2.27. The molecular weight excluding hydrogens is 407 g/mol. The quantitative estimate of drug-likeness (QED) is 0.281. The largest absolute Gasteiger partial charge is 0.369 e. The van der Waals surface area contributed by atoms with Crippen molar-refractivity contribution in [1.29, 1.82) is 0 Å². The minimum absolute atomic E-state index is 0.112. The zero-order valence-corrected chi connectivity index (χ0v) is 17.6. The molecule has 0 atom stereocenters. The molecule has 152 valence electrons. The molecule has 2 aromatic carbocycles. The third-order valence-electron chi connectivity index (χ3n) is 4.67. The van der Waals surface area contributed by atoms with Crippen LogP contribution in [0.2, 0.25) is 0 Å². The maximum Gasteiger partial charge on any atom is 0.240 e. The molecule has 0 saturated heterocycles. The summed E-state index contributed by atoms with van der Waals surface area (Å²) in [6.45, 7) is 1.49. The van der Waals surface area contributed by atoms with Crippen LogP contribution in [0.1, 0.15) is 17.5 Å². The molecule has 0 fully saturated rings. The molecule has 0 aliphatic rings. The molecule has 3 rings (SSSR count). The van der Waals surface area contributed by atoms with Gasteiger partial charge in [-0.15, -0.1) is 23.2 Å². The normalized spacial score (nSPS) is 11.2. The van der Waals surface area contributed by atoms with Crippen LogP contribution in [0.25, 0.3) is 10.9 Å². The van der Waals surface area contributed by atoms with E-state index in [4.69, 9.17) is 23.2 Å². The Morgan fingerprint density at radius 3 is 2.52 bits per heavy atom. The van der Waals surface area contributed by atoms with E-state index in [1.807, 2.05) is 48.7 Å². The number of hydrazone groups is 1. The Bertz CT molecular complexity index is 947. The van der Waals surface area contributed by atoms with E-state index >= 15 is 0 Å². The number of fused-ring (bicyclic) bond motifs is 1. The number of halogens is 2. The summed E-state index contributed by atoms with van der Waals surface area (Å²) in [5, 5.41) is 5.22. The van der Waals surface area contributed by atoms with Crippen LogP contribution in [-0.4, -0.2) is 42.0 Å². The predicted octanol–water partition coefficient (Wildman–Crippen LogP) is 4.53. The van der Waals surface area contributed by atoms with Gasteiger partial charge in [0.2, 0.25) is 5.91 Å². The Labute approximate surface area is 180 Å². The monoisotopic (exact) mass is 430 g/mol. The van der Waals surface area contributed by atoms with Crippen molar-refractivity contribution >= 4 is 51.9 Å². The van der Waals surface area contributed by atoms with Crippen molar-refractivity contribution in [3.63, 3.8) is 0 Å². The number of rotatable bonds is 10. The molecule has 3 aromatic rings. The number of para-hydroxylation sites is 1. The Hall–Kier alpha value is -2.50. The van der Waals surface area contributed by atoms with E-state index in [2.05, 4.69) is 26.5 Å². The number of aromatic amines is 1. The van der Waals surface area contributed by atoms with E-state index in [-0.39, 0.29) is 5.91 Å². The minimum Gasteiger partial charge on any atom is -0.369 e. The van der Waals surface area contributed by atoms with E-state index < -0.39 is 0 Å². The van der Waals surface area contributed by atoms with Crippen LogP contribution < -0.4 is 10.3 Å². The number of hydrogen-bond donors (Lipinski definition) is 2. The van der Waals surface area contributed by atoms with E-state index in [9.17, 15) is 4.79 Å². The fraction of sp³-hybridized carbons (Fsp3) is 0.273. The second-order valence-corrected chi connectivity index (χ2v) is 7.37. The number of nitrogens with one attached hydrogen (secondary N) is 2. The van der Waals surface area contributed by atoms with Crippen molar-refractivity contribution in [1.82, 2.24) is 10.4 Å². The minimum atomic E-state index is -0.112. The number of hydrogen-bond acceptors (Lipinski definition) is 3. The maximum atomic E-state index is 12.1. The predicted molar refractivity (Wildman–Crippen MR) is 122 cm³/mol. The van der Waals surface area contributed by atoms with Crippen molar-refractivity contribution in [2.24, 2.45) is 5.10 Å². The van der Waals surface area contributed by atoms with Crippen molar-refractivity contribution in [3.8, 4) is 0 Å². The van der Waals surface area contributed by atoms with Gasteiger partial charge < -0.3 is 9.88 Å². The van der Waals surface area contributed by atoms with Crippen LogP contribution in [0, 0.1) is 0 Å². The van der Waals surface area contributed by atoms with Crippen LogP contribution in [0.15, 0.2) is 59.8 Å². The molecule has 7 heteroatoms. The van der Waals surface area contributed by atoms with Gasteiger partial charge in [-0.05, 0) is 35.7 Å². The Morgan fingerprint density at radius 1 is 1.07 bits per heavy atom. The molecule has 0 aliphatic carbocycles. The maximum absolute atomic E-state index is 12.1. The second kappa shape index (κ2) is 10.9. The van der Waals surface area contributed by atoms with E-state index in [1.165, 1.54) is 0 Å². The summed E-state index contributed by atoms with van der Waals surface area (Å²) in [5.41, 5.74) is 6.78. The smallest absolute Gasteiger partial charge is 0.240 e. The number of carbonyl (C=O) groups excluding carboxylic acids is 1. The number of H-pyrrole nitrogens is 1. The summed E-state index contributed by atoms with van der Waals surface area (Å²) in [7, 11) is 0. The van der Waals surface area contributed by atoms with Crippen LogP contribution in [0.4, 0.5) is 5.69 Å². The molecule has 1 aromatic heterocycles. The lowest BCUT2D eigenvalue weighted by atomic mass is 10.1. The number of carbonyl (C=O) groups is 1. The first-order valence-electron chi connectivity index (χ1n) is 9.55. The highest BCUT2D eigenvalue weighted by Crippen LogP contribution is 2.19. The molecule has 0 aliphatic heterocycles. The molecule has 1 amide bonds. The Balaban J connectivity index is 1.49. The Morgan fingerprint density at radius 2 is 1.79 bits per heavy atom. The van der Waals surface area contributed by atoms with Gasteiger partial charge >= 0.3 is 0 Å². The third-order valence-corrected chi connectivity index (χ3v) is 5.00. The molecule has 0 spiro atoms. The second-order valence-electron chi connectivity index (χ2n) is 6.61. The van der Waals surface area contributed by atoms with Gasteiger partial charge in [-0.3, -0.25) is 4.79 Å². The molecular formula is C22H24Cl2N4O. The van der Waals surface area contributed by atoms with Crippen molar-refractivity contribution < 1.29 is 4.79 Å². The van der Waals surface area contributed by atoms with Crippen molar-refractivity contribution in [2.45, 2.75) is 12.8 Å². The number of aryl methyl sites for hydroxylation is 1. The van der Waals surface area contributed by atoms with Crippen molar-refractivity contribution in [3.05, 3.63) is 65.9 Å². The van der Waals surface area contributed by atoms with Crippen molar-refractivity contribution in [2.75, 3.05) is 29.7 Å². The first-order chi connectivity index (χ1) is 14.2. The Kier molecular flexibility index (Phi) is 7.96. The van der Waals surface area contributed by atoms with Crippen LogP contribution in [0.3, 0.4) is 0 Å². The molecule has 1 heterocycles. The third kappa shape index (κ3) is 5.99. The molecule has 29 heavy (non-hydrogen) atoms. The highest BCUT2D eigenvalue weighted by Gasteiger charge is 2.07. The number of alkyl halides is 2. The van der Waals surface area contributed by atoms with Gasteiger partial charge in [-0.25, -0.2) is 5.43 Å². The zero-order valence-electron chi connectivity index (χ0n) is 16.1. The number of benzene rings is 2. The zero-order chi connectivity index (χ0) is 20.5. The van der Waals surface area contributed by atoms with Gasteiger partial charge in [-0.2, -0.15) is 5.10 Å². The number of anilines is 1. The molecule has 0 saturated carbocycles. The SMILES string of the molecule is O=C(CCc1c[nH]c2ccccc12)N/N=C/c1ccc(N(CCCl)CCCl)cc1. The molecule has 0 bridgehead atoms. The van der Waals surface area contributed by atoms with Crippen LogP contribution in [-0.2, 0) is 11.2 Å². The van der Waals surface area contributed by atoms with Gasteiger partial charge in [0.15, 0.2) is 0 Å². The summed E-state index contributed by atoms with van der Waals surface area (Å²) in [6.07, 6.45) is 4.64. The van der Waals surface area contributed by atoms with Gasteiger partial charge in [0.25, 0.3) is 0 Å². The summed E-state index contributed by atoms with van der Waals surface area (Å²) in [5.74, 6) is 0.980. The fourth-order valence-corrected chi connectivity index (χ4v) is 3.57. The molecule has 2 N–H and O–H groups in total. The molecule has 5 nitrogen and oxygen atoms in total. The summed E-state index contributed by atoms with van der Waals surface area (Å²) >= 11 is 11.7. The molecule has 0 radical (unpaired) electrons. The highest BCUT2D eigenvalue weighted by molar-refractivity contribution is 6.18. The highest BCUT2D eigenvalue weighted by atomic mass is 35.5. The first-order valence-corrected chi connectivity index (χ1v) is 10.6. The summed E-state index contributed by atoms with van der Waals surface area (Å²) in [6, 6.07) is 16.0. The summed E-state index contributed by atoms with van der Waals surface area (Å²) in [4.78, 5) is 17.4. The lowest BCUT2D eigenvalue weighted by Gasteiger charge is -2.22. The van der Waals surface area contributed by atoms with E-state index in [0.717, 1.165) is 40.8 Å². The van der Waals surface area contributed by atoms with E-state index in [0.29, 0.717) is 24.6 Å². The van der Waals surface area contributed by atoms with Gasteiger partial charge in [0.05, 0.1) is 6.21 Å².